The van der Waals surface area contributed by atoms with Gasteiger partial charge < -0.3 is 5.11 Å². The number of aryl methyl sites for hydroxylation is 1. The van der Waals surface area contributed by atoms with Crippen LogP contribution in [0.5, 0.6) is 5.75 Å². The molecular weight excluding hydrogens is 199 g/mol. The van der Waals surface area contributed by atoms with Crippen molar-refractivity contribution in [1.29, 1.82) is 0 Å². The minimum atomic E-state index is -0.345. The Hall–Kier alpha value is -0.570. The van der Waals surface area contributed by atoms with Gasteiger partial charge in [0.1, 0.15) is 11.6 Å². The third kappa shape index (κ3) is 1.29. The van der Waals surface area contributed by atoms with Gasteiger partial charge in [-0.1, -0.05) is 0 Å². The zero-order valence-electron chi connectivity index (χ0n) is 5.36. The van der Waals surface area contributed by atoms with Gasteiger partial charge in [0.2, 0.25) is 0 Å². The number of aromatic hydroxyl groups is 1. The van der Waals surface area contributed by atoms with Crippen LogP contribution in [-0.4, -0.2) is 5.11 Å². The van der Waals surface area contributed by atoms with Crippen LogP contribution < -0.4 is 0 Å². The molecule has 0 aromatic heterocycles. The van der Waals surface area contributed by atoms with Crippen molar-refractivity contribution in [3.8, 4) is 5.75 Å². The average Bonchev–Trinajstić information content (AvgIpc) is 1.82. The number of benzene rings is 1. The lowest BCUT2D eigenvalue weighted by Crippen LogP contribution is -1.79. The van der Waals surface area contributed by atoms with Crippen molar-refractivity contribution in [2.24, 2.45) is 0 Å². The highest BCUT2D eigenvalue weighted by Gasteiger charge is 2.02. The van der Waals surface area contributed by atoms with E-state index in [9.17, 15) is 4.39 Å². The van der Waals surface area contributed by atoms with Crippen molar-refractivity contribution in [3.05, 3.63) is 28.0 Å². The van der Waals surface area contributed by atoms with Gasteiger partial charge in [-0.15, -0.1) is 0 Å². The van der Waals surface area contributed by atoms with Gasteiger partial charge in [-0.05, 0) is 40.5 Å². The Morgan fingerprint density at radius 3 is 2.60 bits per heavy atom. The van der Waals surface area contributed by atoms with E-state index in [0.29, 0.717) is 10.0 Å². The summed E-state index contributed by atoms with van der Waals surface area (Å²) in [5.74, 6) is -0.247. The molecule has 0 fully saturated rings. The standard InChI is InChI=1S/C7H6BrFO/c1-4-2-5(9)3-6(8)7(4)10/h2-3,10H,1H3. The summed E-state index contributed by atoms with van der Waals surface area (Å²) in [5, 5.41) is 9.12. The first-order chi connectivity index (χ1) is 4.61. The molecule has 0 amide bonds. The lowest BCUT2D eigenvalue weighted by molar-refractivity contribution is 0.465. The molecule has 1 nitrogen and oxygen atoms in total. The molecule has 1 aromatic carbocycles. The Labute approximate surface area is 66.6 Å². The van der Waals surface area contributed by atoms with Crippen molar-refractivity contribution in [2.45, 2.75) is 6.92 Å². The molecule has 0 unspecified atom stereocenters. The van der Waals surface area contributed by atoms with E-state index in [1.807, 2.05) is 0 Å². The van der Waals surface area contributed by atoms with E-state index >= 15 is 0 Å². The Bertz CT molecular complexity index is 237. The maximum absolute atomic E-state index is 12.5. The summed E-state index contributed by atoms with van der Waals surface area (Å²) in [5.41, 5.74) is 0.534. The van der Waals surface area contributed by atoms with Crippen LogP contribution in [-0.2, 0) is 0 Å². The van der Waals surface area contributed by atoms with Gasteiger partial charge in [0, 0.05) is 0 Å². The van der Waals surface area contributed by atoms with Crippen molar-refractivity contribution in [3.63, 3.8) is 0 Å². The minimum Gasteiger partial charge on any atom is -0.506 e. The third-order valence-corrected chi connectivity index (χ3v) is 1.82. The van der Waals surface area contributed by atoms with Crippen LogP contribution in [0.1, 0.15) is 5.56 Å². The number of rotatable bonds is 0. The Morgan fingerprint density at radius 2 is 2.10 bits per heavy atom. The summed E-state index contributed by atoms with van der Waals surface area (Å²) in [4.78, 5) is 0. The first kappa shape index (κ1) is 7.54. The van der Waals surface area contributed by atoms with Crippen LogP contribution in [0.2, 0.25) is 0 Å². The lowest BCUT2D eigenvalue weighted by atomic mass is 10.2. The Kier molecular flexibility index (Phi) is 1.94. The largest absolute Gasteiger partial charge is 0.506 e. The third-order valence-electron chi connectivity index (χ3n) is 1.22. The highest BCUT2D eigenvalue weighted by molar-refractivity contribution is 9.10. The monoisotopic (exact) mass is 204 g/mol. The molecule has 54 valence electrons. The van der Waals surface area contributed by atoms with Gasteiger partial charge in [0.05, 0.1) is 4.47 Å². The molecule has 0 saturated heterocycles. The highest BCUT2D eigenvalue weighted by atomic mass is 79.9. The minimum absolute atomic E-state index is 0.0985. The molecule has 0 aliphatic heterocycles. The van der Waals surface area contributed by atoms with Crippen molar-refractivity contribution >= 4 is 15.9 Å². The second-order valence-electron chi connectivity index (χ2n) is 2.05. The van der Waals surface area contributed by atoms with Crippen molar-refractivity contribution in [2.75, 3.05) is 0 Å². The molecule has 0 saturated carbocycles. The van der Waals surface area contributed by atoms with E-state index in [1.165, 1.54) is 12.1 Å². The van der Waals surface area contributed by atoms with Gasteiger partial charge >= 0.3 is 0 Å². The van der Waals surface area contributed by atoms with Crippen molar-refractivity contribution in [1.82, 2.24) is 0 Å². The molecule has 3 heteroatoms. The molecule has 10 heavy (non-hydrogen) atoms. The summed E-state index contributed by atoms with van der Waals surface area (Å²) >= 11 is 3.01. The number of hydrogen-bond donors (Lipinski definition) is 1. The summed E-state index contributed by atoms with van der Waals surface area (Å²) in [6.45, 7) is 1.64. The summed E-state index contributed by atoms with van der Waals surface area (Å²) in [6, 6.07) is 2.50. The van der Waals surface area contributed by atoms with Crippen LogP contribution >= 0.6 is 15.9 Å². The van der Waals surface area contributed by atoms with Crippen LogP contribution in [0, 0.1) is 12.7 Å². The molecule has 0 radical (unpaired) electrons. The molecular formula is C7H6BrFO. The van der Waals surface area contributed by atoms with E-state index in [-0.39, 0.29) is 11.6 Å². The quantitative estimate of drug-likeness (QED) is 0.690. The molecule has 0 bridgehead atoms. The van der Waals surface area contributed by atoms with E-state index in [4.69, 9.17) is 5.11 Å². The van der Waals surface area contributed by atoms with Gasteiger partial charge in [0.15, 0.2) is 0 Å². The summed E-state index contributed by atoms with van der Waals surface area (Å²) in [6.07, 6.45) is 0. The fraction of sp³-hybridized carbons (Fsp3) is 0.143. The molecule has 0 atom stereocenters. The Morgan fingerprint density at radius 1 is 1.50 bits per heavy atom. The molecule has 1 aromatic rings. The second-order valence-corrected chi connectivity index (χ2v) is 2.91. The highest BCUT2D eigenvalue weighted by Crippen LogP contribution is 2.27. The smallest absolute Gasteiger partial charge is 0.132 e. The van der Waals surface area contributed by atoms with Crippen LogP contribution in [0.15, 0.2) is 16.6 Å². The zero-order chi connectivity index (χ0) is 7.72. The van der Waals surface area contributed by atoms with Crippen LogP contribution in [0.25, 0.3) is 0 Å². The maximum atomic E-state index is 12.5. The molecule has 1 N–H and O–H groups in total. The molecule has 0 aliphatic rings. The zero-order valence-corrected chi connectivity index (χ0v) is 6.94. The maximum Gasteiger partial charge on any atom is 0.132 e. The van der Waals surface area contributed by atoms with E-state index in [1.54, 1.807) is 6.92 Å². The molecule has 0 heterocycles. The first-order valence-corrected chi connectivity index (χ1v) is 3.55. The van der Waals surface area contributed by atoms with E-state index in [2.05, 4.69) is 15.9 Å². The van der Waals surface area contributed by atoms with E-state index in [0.717, 1.165) is 0 Å². The predicted octanol–water partition coefficient (Wildman–Crippen LogP) is 2.60. The number of hydrogen-bond acceptors (Lipinski definition) is 1. The van der Waals surface area contributed by atoms with Gasteiger partial charge in [-0.25, -0.2) is 4.39 Å². The summed E-state index contributed by atoms with van der Waals surface area (Å²) < 4.78 is 12.9. The van der Waals surface area contributed by atoms with Crippen LogP contribution in [0.4, 0.5) is 4.39 Å². The normalized spacial score (nSPS) is 9.90. The lowest BCUT2D eigenvalue weighted by Gasteiger charge is -1.99. The van der Waals surface area contributed by atoms with Crippen LogP contribution in [0.3, 0.4) is 0 Å². The fourth-order valence-electron chi connectivity index (χ4n) is 0.695. The molecule has 0 spiro atoms. The second kappa shape index (κ2) is 2.58. The van der Waals surface area contributed by atoms with Gasteiger partial charge in [-0.3, -0.25) is 0 Å². The number of phenols is 1. The Balaban J connectivity index is 3.31. The number of phenolic OH excluding ortho intramolecular Hbond substituents is 1. The van der Waals surface area contributed by atoms with Gasteiger partial charge in [0.25, 0.3) is 0 Å². The van der Waals surface area contributed by atoms with E-state index < -0.39 is 0 Å². The molecule has 1 rings (SSSR count). The topological polar surface area (TPSA) is 20.2 Å². The number of halogens is 2. The summed E-state index contributed by atoms with van der Waals surface area (Å²) in [7, 11) is 0. The fourth-order valence-corrected chi connectivity index (χ4v) is 1.23. The first-order valence-electron chi connectivity index (χ1n) is 2.76. The van der Waals surface area contributed by atoms with Gasteiger partial charge in [-0.2, -0.15) is 0 Å². The average molecular weight is 205 g/mol. The molecule has 0 aliphatic carbocycles. The predicted molar refractivity (Wildman–Crippen MR) is 40.5 cm³/mol. The van der Waals surface area contributed by atoms with Crippen molar-refractivity contribution < 1.29 is 9.50 Å². The SMILES string of the molecule is Cc1cc(F)cc(Br)c1O.